The molecule has 2 aromatic rings. The fourth-order valence-electron chi connectivity index (χ4n) is 1.32. The second kappa shape index (κ2) is 8.47. The third kappa shape index (κ3) is 4.94. The van der Waals surface area contributed by atoms with Gasteiger partial charge in [0.2, 0.25) is 0 Å². The van der Waals surface area contributed by atoms with Crippen molar-refractivity contribution in [2.45, 2.75) is 9.79 Å². The predicted molar refractivity (Wildman–Crippen MR) is 76.2 cm³/mol. The number of halogens is 1. The van der Waals surface area contributed by atoms with Gasteiger partial charge in [0.15, 0.2) is 0 Å². The van der Waals surface area contributed by atoms with E-state index in [9.17, 15) is 15.3 Å². The zero-order valence-electron chi connectivity index (χ0n) is 10.1. The van der Waals surface area contributed by atoms with Crippen molar-refractivity contribution in [3.05, 3.63) is 63.9 Å². The molecule has 0 heterocycles. The summed E-state index contributed by atoms with van der Waals surface area (Å²) in [5.74, 6) is 0. The Balaban J connectivity index is 0.00000200. The van der Waals surface area contributed by atoms with Crippen LogP contribution >= 0.6 is 21.6 Å². The quantitative estimate of drug-likeness (QED) is 0.243. The third-order valence-electron chi connectivity index (χ3n) is 2.30. The summed E-state index contributed by atoms with van der Waals surface area (Å²) in [6.45, 7) is 0. The Morgan fingerprint density at radius 2 is 1.35 bits per heavy atom. The first-order valence-corrected chi connectivity index (χ1v) is 7.48. The van der Waals surface area contributed by atoms with Crippen LogP contribution in [0, 0.1) is 15.3 Å². The lowest BCUT2D eigenvalue weighted by molar-refractivity contribution is -0.497. The molecule has 0 amide bonds. The van der Waals surface area contributed by atoms with E-state index in [2.05, 4.69) is 0 Å². The smallest absolute Gasteiger partial charge is 0.269 e. The van der Waals surface area contributed by atoms with E-state index in [0.717, 1.165) is 15.3 Å². The molecule has 0 aliphatic carbocycles. The molecule has 2 aromatic carbocycles. The maximum atomic E-state index is 10.5. The van der Waals surface area contributed by atoms with Crippen molar-refractivity contribution in [3.63, 3.8) is 0 Å². The second-order valence-corrected chi connectivity index (χ2v) is 5.88. The van der Waals surface area contributed by atoms with E-state index < -0.39 is 4.92 Å². The summed E-state index contributed by atoms with van der Waals surface area (Å²) >= 11 is 0. The van der Waals surface area contributed by atoms with E-state index in [0.29, 0.717) is 5.69 Å². The van der Waals surface area contributed by atoms with Crippen LogP contribution in [0.5, 0.6) is 0 Å². The van der Waals surface area contributed by atoms with Crippen molar-refractivity contribution < 1.29 is 34.4 Å². The normalized spacial score (nSPS) is 9.85. The fraction of sp³-hybridized carbons (Fsp3) is 0. The maximum Gasteiger partial charge on any atom is 0.269 e. The molecule has 0 saturated carbocycles. The molecule has 2 N–H and O–H groups in total. The summed E-state index contributed by atoms with van der Waals surface area (Å²) in [4.78, 5) is 12.1. The highest BCUT2D eigenvalue weighted by Crippen LogP contribution is 2.37. The summed E-state index contributed by atoms with van der Waals surface area (Å²) < 4.78 is 0. The van der Waals surface area contributed by atoms with Gasteiger partial charge in [-0.2, -0.15) is 0 Å². The number of hydrogen-bond donors (Lipinski definition) is 1. The lowest BCUT2D eigenvalue weighted by atomic mass is 10.3. The van der Waals surface area contributed by atoms with Crippen LogP contribution in [0.2, 0.25) is 0 Å². The molecule has 2 rings (SSSR count). The molecule has 106 valence electrons. The zero-order chi connectivity index (χ0) is 13.7. The molecule has 8 heteroatoms. The minimum Gasteiger partial charge on any atom is -1.00 e. The summed E-state index contributed by atoms with van der Waals surface area (Å²) in [6, 6.07) is 13.7. The van der Waals surface area contributed by atoms with E-state index >= 15 is 0 Å². The molecule has 0 unspecified atom stereocenters. The Hall–Kier alpha value is -0.810. The van der Waals surface area contributed by atoms with Crippen LogP contribution in [-0.2, 0) is 0 Å². The Bertz CT molecular complexity index is 564. The number of quaternary nitrogens is 1. The Morgan fingerprint density at radius 3 is 1.75 bits per heavy atom. The first kappa shape index (κ1) is 17.2. The lowest BCUT2D eigenvalue weighted by Crippen LogP contribution is -3.00. The molecule has 0 saturated heterocycles. The number of benzene rings is 2. The highest BCUT2D eigenvalue weighted by Gasteiger charge is 2.04. The van der Waals surface area contributed by atoms with Crippen LogP contribution in [0.3, 0.4) is 0 Å². The van der Waals surface area contributed by atoms with Crippen LogP contribution in [-0.4, -0.2) is 4.92 Å². The van der Waals surface area contributed by atoms with Crippen LogP contribution in [0.4, 0.5) is 11.4 Å². The highest BCUT2D eigenvalue weighted by molar-refractivity contribution is 8.76. The van der Waals surface area contributed by atoms with Gasteiger partial charge in [0.1, 0.15) is 5.69 Å². The van der Waals surface area contributed by atoms with Gasteiger partial charge >= 0.3 is 0 Å². The molecule has 20 heavy (non-hydrogen) atoms. The third-order valence-corrected chi connectivity index (χ3v) is 4.72. The van der Waals surface area contributed by atoms with Crippen molar-refractivity contribution >= 4 is 33.0 Å². The van der Waals surface area contributed by atoms with Crippen LogP contribution < -0.4 is 29.5 Å². The number of non-ortho nitro benzene ring substituents is 1. The Morgan fingerprint density at radius 1 is 0.900 bits per heavy atom. The molecule has 0 bridgehead atoms. The van der Waals surface area contributed by atoms with Crippen LogP contribution in [0.15, 0.2) is 58.3 Å². The summed E-state index contributed by atoms with van der Waals surface area (Å²) in [6.07, 6.45) is 0. The summed E-state index contributed by atoms with van der Waals surface area (Å²) in [5.41, 5.74) is 1.53. The first-order chi connectivity index (χ1) is 9.19. The van der Waals surface area contributed by atoms with Gasteiger partial charge in [-0.1, -0.05) is 21.6 Å². The number of rotatable bonds is 5. The van der Waals surface area contributed by atoms with E-state index in [-0.39, 0.29) is 29.7 Å². The second-order valence-electron chi connectivity index (χ2n) is 3.60. The first-order valence-electron chi connectivity index (χ1n) is 5.33. The van der Waals surface area contributed by atoms with E-state index in [4.69, 9.17) is 0 Å². The number of nitro benzene ring substituents is 1. The monoisotopic (exact) mass is 421 g/mol. The molecule has 0 atom stereocenters. The van der Waals surface area contributed by atoms with Crippen LogP contribution in [0.25, 0.3) is 0 Å². The van der Waals surface area contributed by atoms with Gasteiger partial charge in [-0.05, 0) is 24.3 Å². The van der Waals surface area contributed by atoms with Gasteiger partial charge in [-0.25, -0.2) is 0 Å². The average Bonchev–Trinajstić information content (AvgIpc) is 2.46. The van der Waals surface area contributed by atoms with Crippen LogP contribution in [0.1, 0.15) is 0 Å². The van der Waals surface area contributed by atoms with Gasteiger partial charge in [0.05, 0.1) is 4.92 Å². The Labute approximate surface area is 140 Å². The average molecular weight is 421 g/mol. The molecule has 5 nitrogen and oxygen atoms in total. The molecule has 0 aliphatic heterocycles. The number of nitro groups is 1. The molecule has 0 aliphatic rings. The molecule has 0 radical (unpaired) electrons. The number of nitrogens with two attached hydrogens (primary N) is 1. The topological polar surface area (TPSA) is 82.8 Å². The molecular weight excluding hydrogens is 411 g/mol. The molecular formula is C12H10IN2O3S2-. The standard InChI is InChI=1S/C12H10N2O3S2.HI/c15-13-9-1-5-11(6-2-9)18-19-12-7-3-10(4-8-12)14(16)17;/h1-8H,13H2;1H/p-1. The lowest BCUT2D eigenvalue weighted by Gasteiger charge is -2.03. The summed E-state index contributed by atoms with van der Waals surface area (Å²) in [5, 5.41) is 21.0. The van der Waals surface area contributed by atoms with E-state index in [1.54, 1.807) is 24.3 Å². The van der Waals surface area contributed by atoms with Crippen molar-refractivity contribution in [3.8, 4) is 0 Å². The minimum absolute atomic E-state index is 0. The van der Waals surface area contributed by atoms with Crippen molar-refractivity contribution in [1.82, 2.24) is 0 Å². The number of hydrogen-bond acceptors (Lipinski definition) is 5. The van der Waals surface area contributed by atoms with Gasteiger partial charge in [-0.15, -0.1) is 0 Å². The minimum atomic E-state index is -0.417. The van der Waals surface area contributed by atoms with Gasteiger partial charge in [0, 0.05) is 34.1 Å². The largest absolute Gasteiger partial charge is 1.00 e. The van der Waals surface area contributed by atoms with Crippen molar-refractivity contribution in [2.24, 2.45) is 0 Å². The van der Waals surface area contributed by atoms with Crippen molar-refractivity contribution in [2.75, 3.05) is 0 Å². The maximum absolute atomic E-state index is 10.5. The molecule has 0 spiro atoms. The SMILES string of the molecule is O=[N+]([O-])c1ccc(SSc2ccc([NH2+][O-])cc2)cc1.[I-]. The van der Waals surface area contributed by atoms with Gasteiger partial charge in [0.25, 0.3) is 5.69 Å². The Kier molecular flexibility index (Phi) is 7.30. The highest BCUT2D eigenvalue weighted by atomic mass is 127. The molecule has 0 fully saturated rings. The number of nitrogens with zero attached hydrogens (tertiary/aromatic N) is 1. The van der Waals surface area contributed by atoms with E-state index in [1.165, 1.54) is 33.7 Å². The summed E-state index contributed by atoms with van der Waals surface area (Å²) in [7, 11) is 3.05. The predicted octanol–water partition coefficient (Wildman–Crippen LogP) is 0.0909. The molecule has 0 aromatic heterocycles. The zero-order valence-corrected chi connectivity index (χ0v) is 13.9. The van der Waals surface area contributed by atoms with Crippen molar-refractivity contribution in [1.29, 1.82) is 0 Å². The fourth-order valence-corrected chi connectivity index (χ4v) is 3.25. The van der Waals surface area contributed by atoms with E-state index in [1.807, 2.05) is 12.1 Å². The van der Waals surface area contributed by atoms with Gasteiger partial charge in [-0.3, -0.25) is 10.1 Å². The van der Waals surface area contributed by atoms with Gasteiger partial charge < -0.3 is 34.7 Å².